The van der Waals surface area contributed by atoms with E-state index in [1.54, 1.807) is 6.07 Å². The van der Waals surface area contributed by atoms with E-state index >= 15 is 0 Å². The molecule has 1 amide bonds. The minimum atomic E-state index is -0.540. The number of methoxy groups -OCH3 is 1. The van der Waals surface area contributed by atoms with Gasteiger partial charge in [-0.2, -0.15) is 0 Å². The monoisotopic (exact) mass is 339 g/mol. The summed E-state index contributed by atoms with van der Waals surface area (Å²) in [5.41, 5.74) is 0.701. The second-order valence-corrected chi connectivity index (χ2v) is 6.60. The van der Waals surface area contributed by atoms with Crippen LogP contribution in [0.3, 0.4) is 0 Å². The van der Waals surface area contributed by atoms with Crippen molar-refractivity contribution in [2.75, 3.05) is 24.3 Å². The number of rotatable bonds is 5. The minimum Gasteiger partial charge on any atom is -0.469 e. The Labute approximate surface area is 138 Å². The lowest BCUT2D eigenvalue weighted by atomic mass is 10.1. The fourth-order valence-corrected chi connectivity index (χ4v) is 3.15. The van der Waals surface area contributed by atoms with Crippen molar-refractivity contribution >= 4 is 34.4 Å². The van der Waals surface area contributed by atoms with Crippen LogP contribution < -0.4 is 4.90 Å². The number of benzene rings is 1. The summed E-state index contributed by atoms with van der Waals surface area (Å²) in [4.78, 5) is 35.8. The lowest BCUT2D eigenvalue weighted by Gasteiger charge is -2.17. The molecule has 1 aliphatic rings. The maximum Gasteiger partial charge on any atom is 0.310 e. The van der Waals surface area contributed by atoms with Crippen LogP contribution in [-0.4, -0.2) is 36.4 Å². The third-order valence-electron chi connectivity index (χ3n) is 3.64. The molecule has 1 saturated heterocycles. The van der Waals surface area contributed by atoms with Crippen LogP contribution in [0.1, 0.15) is 18.9 Å². The summed E-state index contributed by atoms with van der Waals surface area (Å²) in [6.07, 6.45) is 0.209. The number of esters is 1. The van der Waals surface area contributed by atoms with E-state index in [9.17, 15) is 18.8 Å². The average Bonchev–Trinajstić information content (AvgIpc) is 2.88. The number of ether oxygens (including phenoxy) is 1. The van der Waals surface area contributed by atoms with E-state index in [0.29, 0.717) is 24.4 Å². The van der Waals surface area contributed by atoms with Crippen molar-refractivity contribution in [1.29, 1.82) is 0 Å². The molecule has 5 nitrogen and oxygen atoms in total. The van der Waals surface area contributed by atoms with Crippen LogP contribution in [0, 0.1) is 11.7 Å². The average molecular weight is 339 g/mol. The van der Waals surface area contributed by atoms with Crippen LogP contribution >= 0.6 is 11.8 Å². The van der Waals surface area contributed by atoms with Crippen molar-refractivity contribution < 1.29 is 23.5 Å². The number of nitrogens with zero attached hydrogens (tertiary/aromatic N) is 1. The van der Waals surface area contributed by atoms with Crippen molar-refractivity contribution in [3.05, 3.63) is 29.6 Å². The number of carbonyl (C=O) groups is 3. The summed E-state index contributed by atoms with van der Waals surface area (Å²) < 4.78 is 18.6. The standard InChI is InChI=1S/C16H18FNO4S/c1-10(19)23-9-11-5-15(20)18(8-11)13-4-3-12(14(17)7-13)6-16(21)22-2/h3-4,7,11H,5-6,8-9H2,1-2H3. The van der Waals surface area contributed by atoms with Crippen LogP contribution in [0.25, 0.3) is 0 Å². The van der Waals surface area contributed by atoms with Crippen LogP contribution in [0.4, 0.5) is 10.1 Å². The van der Waals surface area contributed by atoms with Gasteiger partial charge in [0.1, 0.15) is 5.82 Å². The predicted molar refractivity (Wildman–Crippen MR) is 85.7 cm³/mol. The Hall–Kier alpha value is -1.89. The van der Waals surface area contributed by atoms with Crippen molar-refractivity contribution in [2.24, 2.45) is 5.92 Å². The topological polar surface area (TPSA) is 63.7 Å². The zero-order valence-electron chi connectivity index (χ0n) is 13.0. The Morgan fingerprint density at radius 3 is 2.78 bits per heavy atom. The van der Waals surface area contributed by atoms with Gasteiger partial charge in [0.05, 0.1) is 13.5 Å². The molecular formula is C16H18FNO4S. The number of amides is 1. The van der Waals surface area contributed by atoms with Gasteiger partial charge in [-0.25, -0.2) is 4.39 Å². The molecule has 1 aromatic rings. The Morgan fingerprint density at radius 1 is 1.43 bits per heavy atom. The number of hydrogen-bond donors (Lipinski definition) is 0. The Balaban J connectivity index is 2.07. The van der Waals surface area contributed by atoms with E-state index in [1.807, 2.05) is 0 Å². The fraction of sp³-hybridized carbons (Fsp3) is 0.438. The Bertz CT molecular complexity index is 635. The second-order valence-electron chi connectivity index (χ2n) is 5.41. The molecule has 7 heteroatoms. The van der Waals surface area contributed by atoms with Crippen molar-refractivity contribution in [1.82, 2.24) is 0 Å². The zero-order chi connectivity index (χ0) is 17.0. The van der Waals surface area contributed by atoms with E-state index in [-0.39, 0.29) is 28.9 Å². The Morgan fingerprint density at radius 2 is 2.17 bits per heavy atom. The van der Waals surface area contributed by atoms with E-state index < -0.39 is 11.8 Å². The molecule has 23 heavy (non-hydrogen) atoms. The molecule has 2 rings (SSSR count). The van der Waals surface area contributed by atoms with Crippen molar-refractivity contribution in [3.8, 4) is 0 Å². The second kappa shape index (κ2) is 7.59. The number of thioether (sulfide) groups is 1. The molecule has 0 saturated carbocycles. The fourth-order valence-electron chi connectivity index (χ4n) is 2.45. The third kappa shape index (κ3) is 4.54. The van der Waals surface area contributed by atoms with Crippen LogP contribution in [-0.2, 0) is 25.5 Å². The van der Waals surface area contributed by atoms with Gasteiger partial charge >= 0.3 is 5.97 Å². The lowest BCUT2D eigenvalue weighted by Crippen LogP contribution is -2.25. The first-order valence-corrected chi connectivity index (χ1v) is 8.18. The molecule has 1 heterocycles. The first-order chi connectivity index (χ1) is 10.9. The van der Waals surface area contributed by atoms with Crippen LogP contribution in [0.2, 0.25) is 0 Å². The van der Waals surface area contributed by atoms with Gasteiger partial charge in [-0.3, -0.25) is 14.4 Å². The van der Waals surface area contributed by atoms with Gasteiger partial charge in [-0.15, -0.1) is 0 Å². The maximum absolute atomic E-state index is 14.1. The predicted octanol–water partition coefficient (Wildman–Crippen LogP) is 2.17. The molecule has 0 N–H and O–H groups in total. The van der Waals surface area contributed by atoms with E-state index in [2.05, 4.69) is 4.74 Å². The van der Waals surface area contributed by atoms with Gasteiger partial charge in [0.15, 0.2) is 5.12 Å². The van der Waals surface area contributed by atoms with Gasteiger partial charge in [0.2, 0.25) is 5.91 Å². The molecule has 124 valence electrons. The summed E-state index contributed by atoms with van der Waals surface area (Å²) in [6.45, 7) is 1.96. The minimum absolute atomic E-state index is 0.0223. The highest BCUT2D eigenvalue weighted by molar-refractivity contribution is 8.13. The van der Waals surface area contributed by atoms with Gasteiger partial charge in [0, 0.05) is 31.3 Å². The van der Waals surface area contributed by atoms with E-state index in [4.69, 9.17) is 0 Å². The van der Waals surface area contributed by atoms with Gasteiger partial charge in [-0.05, 0) is 23.6 Å². The summed E-state index contributed by atoms with van der Waals surface area (Å²) >= 11 is 1.20. The number of anilines is 1. The van der Waals surface area contributed by atoms with Gasteiger partial charge < -0.3 is 9.64 Å². The van der Waals surface area contributed by atoms with Crippen molar-refractivity contribution in [3.63, 3.8) is 0 Å². The molecule has 0 aliphatic carbocycles. The molecule has 0 aromatic heterocycles. The molecule has 1 aliphatic heterocycles. The van der Waals surface area contributed by atoms with Crippen LogP contribution in [0.15, 0.2) is 18.2 Å². The zero-order valence-corrected chi connectivity index (χ0v) is 13.8. The smallest absolute Gasteiger partial charge is 0.310 e. The number of hydrogen-bond acceptors (Lipinski definition) is 5. The van der Waals surface area contributed by atoms with Crippen LogP contribution in [0.5, 0.6) is 0 Å². The number of halogens is 1. The molecular weight excluding hydrogens is 321 g/mol. The molecule has 1 aromatic carbocycles. The van der Waals surface area contributed by atoms with E-state index in [1.165, 1.54) is 42.8 Å². The maximum atomic E-state index is 14.1. The van der Waals surface area contributed by atoms with Gasteiger partial charge in [-0.1, -0.05) is 17.8 Å². The highest BCUT2D eigenvalue weighted by Crippen LogP contribution is 2.28. The summed E-state index contributed by atoms with van der Waals surface area (Å²) in [5.74, 6) is -0.480. The van der Waals surface area contributed by atoms with Crippen molar-refractivity contribution in [2.45, 2.75) is 19.8 Å². The third-order valence-corrected chi connectivity index (χ3v) is 4.68. The first kappa shape index (κ1) is 17.5. The van der Waals surface area contributed by atoms with Gasteiger partial charge in [0.25, 0.3) is 0 Å². The largest absolute Gasteiger partial charge is 0.469 e. The summed E-state index contributed by atoms with van der Waals surface area (Å²) in [7, 11) is 1.25. The molecule has 0 radical (unpaired) electrons. The molecule has 0 bridgehead atoms. The molecule has 1 unspecified atom stereocenters. The first-order valence-electron chi connectivity index (χ1n) is 7.19. The molecule has 1 atom stereocenters. The Kier molecular flexibility index (Phi) is 5.76. The SMILES string of the molecule is COC(=O)Cc1ccc(N2CC(CSC(C)=O)CC2=O)cc1F. The quantitative estimate of drug-likeness (QED) is 0.770. The van der Waals surface area contributed by atoms with E-state index in [0.717, 1.165) is 0 Å². The number of carbonyl (C=O) groups excluding carboxylic acids is 3. The lowest BCUT2D eigenvalue weighted by molar-refractivity contribution is -0.139. The highest BCUT2D eigenvalue weighted by atomic mass is 32.2. The summed E-state index contributed by atoms with van der Waals surface area (Å²) in [5, 5.41) is 0.0223. The molecule has 1 fully saturated rings. The molecule has 0 spiro atoms. The normalized spacial score (nSPS) is 17.4. The summed E-state index contributed by atoms with van der Waals surface area (Å²) in [6, 6.07) is 4.38. The highest BCUT2D eigenvalue weighted by Gasteiger charge is 2.31.